The van der Waals surface area contributed by atoms with Crippen LogP contribution in [0.15, 0.2) is 24.3 Å². The second-order valence-corrected chi connectivity index (χ2v) is 6.95. The first-order valence-corrected chi connectivity index (χ1v) is 8.60. The van der Waals surface area contributed by atoms with Gasteiger partial charge in [-0.15, -0.1) is 0 Å². The maximum atomic E-state index is 3.65. The van der Waals surface area contributed by atoms with Crippen molar-refractivity contribution in [2.24, 2.45) is 5.92 Å². The predicted octanol–water partition coefficient (Wildman–Crippen LogP) is 4.19. The fourth-order valence-corrected chi connectivity index (χ4v) is 3.17. The van der Waals surface area contributed by atoms with E-state index in [0.717, 1.165) is 19.6 Å². The Bertz CT molecular complexity index is 441. The largest absolute Gasteiger partial charge is 0.311 e. The number of nitrogens with zero attached hydrogens (tertiary/aromatic N) is 1. The highest BCUT2D eigenvalue weighted by atomic mass is 15.2. The molecule has 2 rings (SSSR count). The molecule has 0 bridgehead atoms. The third-order valence-corrected chi connectivity index (χ3v) is 5.16. The average Bonchev–Trinajstić information content (AvgIpc) is 2.53. The highest BCUT2D eigenvalue weighted by Gasteiger charge is 2.25. The van der Waals surface area contributed by atoms with Gasteiger partial charge in [-0.3, -0.25) is 4.90 Å². The van der Waals surface area contributed by atoms with Crippen molar-refractivity contribution in [2.75, 3.05) is 19.6 Å². The quantitative estimate of drug-likeness (QED) is 0.874. The fourth-order valence-electron chi connectivity index (χ4n) is 3.17. The first-order chi connectivity index (χ1) is 10.0. The summed E-state index contributed by atoms with van der Waals surface area (Å²) < 4.78 is 0. The van der Waals surface area contributed by atoms with E-state index < -0.39 is 0 Å². The van der Waals surface area contributed by atoms with Gasteiger partial charge >= 0.3 is 0 Å². The molecule has 0 aromatic heterocycles. The van der Waals surface area contributed by atoms with Gasteiger partial charge in [-0.05, 0) is 36.3 Å². The first-order valence-electron chi connectivity index (χ1n) is 8.60. The zero-order chi connectivity index (χ0) is 15.4. The molecule has 1 aromatic carbocycles. The molecule has 118 valence electrons. The van der Waals surface area contributed by atoms with E-state index in [1.165, 1.54) is 17.5 Å². The summed E-state index contributed by atoms with van der Waals surface area (Å²) in [5.41, 5.74) is 2.95. The van der Waals surface area contributed by atoms with Crippen molar-refractivity contribution in [2.45, 2.75) is 59.0 Å². The topological polar surface area (TPSA) is 15.3 Å². The smallest absolute Gasteiger partial charge is 0.0321 e. The van der Waals surface area contributed by atoms with E-state index in [2.05, 4.69) is 69.1 Å². The van der Waals surface area contributed by atoms with Crippen LogP contribution in [-0.2, 0) is 0 Å². The van der Waals surface area contributed by atoms with Gasteiger partial charge in [0.25, 0.3) is 0 Å². The molecule has 1 aliphatic rings. The predicted molar refractivity (Wildman–Crippen MR) is 91.8 cm³/mol. The van der Waals surface area contributed by atoms with Crippen LogP contribution < -0.4 is 5.32 Å². The Morgan fingerprint density at radius 2 is 1.90 bits per heavy atom. The van der Waals surface area contributed by atoms with E-state index in [9.17, 15) is 0 Å². The number of hydrogen-bond donors (Lipinski definition) is 1. The van der Waals surface area contributed by atoms with E-state index in [1.807, 2.05) is 0 Å². The van der Waals surface area contributed by atoms with Gasteiger partial charge in [0, 0.05) is 31.7 Å². The lowest BCUT2D eigenvalue weighted by Crippen LogP contribution is -2.53. The molecule has 1 unspecified atom stereocenters. The molecule has 1 heterocycles. The van der Waals surface area contributed by atoms with Crippen LogP contribution >= 0.6 is 0 Å². The van der Waals surface area contributed by atoms with Crippen LogP contribution in [0.2, 0.25) is 0 Å². The van der Waals surface area contributed by atoms with E-state index in [-0.39, 0.29) is 0 Å². The lowest BCUT2D eigenvalue weighted by atomic mass is 9.94. The summed E-state index contributed by atoms with van der Waals surface area (Å²) in [4.78, 5) is 2.64. The van der Waals surface area contributed by atoms with E-state index >= 15 is 0 Å². The number of piperazine rings is 1. The van der Waals surface area contributed by atoms with Gasteiger partial charge in [-0.2, -0.15) is 0 Å². The Morgan fingerprint density at radius 1 is 1.19 bits per heavy atom. The minimum absolute atomic E-state index is 0.511. The van der Waals surface area contributed by atoms with Crippen LogP contribution in [0.1, 0.15) is 64.1 Å². The summed E-state index contributed by atoms with van der Waals surface area (Å²) in [5, 5.41) is 3.65. The van der Waals surface area contributed by atoms with Crippen LogP contribution in [0.4, 0.5) is 0 Å². The third kappa shape index (κ3) is 4.08. The summed E-state index contributed by atoms with van der Waals surface area (Å²) >= 11 is 0. The summed E-state index contributed by atoms with van der Waals surface area (Å²) in [7, 11) is 0. The second kappa shape index (κ2) is 7.42. The van der Waals surface area contributed by atoms with Crippen molar-refractivity contribution in [1.29, 1.82) is 0 Å². The van der Waals surface area contributed by atoms with Crippen molar-refractivity contribution in [3.63, 3.8) is 0 Å². The molecular weight excluding hydrogens is 256 g/mol. The van der Waals surface area contributed by atoms with Crippen molar-refractivity contribution >= 4 is 0 Å². The van der Waals surface area contributed by atoms with Gasteiger partial charge in [-0.1, -0.05) is 52.0 Å². The zero-order valence-corrected chi connectivity index (χ0v) is 14.4. The minimum atomic E-state index is 0.511. The molecule has 21 heavy (non-hydrogen) atoms. The van der Waals surface area contributed by atoms with Gasteiger partial charge < -0.3 is 5.32 Å². The second-order valence-electron chi connectivity index (χ2n) is 6.95. The number of nitrogens with one attached hydrogen (secondary N) is 1. The van der Waals surface area contributed by atoms with Crippen molar-refractivity contribution in [1.82, 2.24) is 10.2 Å². The summed E-state index contributed by atoms with van der Waals surface area (Å²) in [6.45, 7) is 15.0. The highest BCUT2D eigenvalue weighted by Crippen LogP contribution is 2.26. The molecule has 1 fully saturated rings. The molecule has 3 atom stereocenters. The first kappa shape index (κ1) is 16.5. The Balaban J connectivity index is 2.10. The lowest BCUT2D eigenvalue weighted by Gasteiger charge is -2.39. The van der Waals surface area contributed by atoms with E-state index in [4.69, 9.17) is 0 Å². The molecule has 0 amide bonds. The van der Waals surface area contributed by atoms with E-state index in [0.29, 0.717) is 23.9 Å². The third-order valence-electron chi connectivity index (χ3n) is 5.16. The van der Waals surface area contributed by atoms with E-state index in [1.54, 1.807) is 0 Å². The maximum absolute atomic E-state index is 3.65. The summed E-state index contributed by atoms with van der Waals surface area (Å²) in [6, 6.07) is 10.4. The van der Waals surface area contributed by atoms with Gasteiger partial charge in [0.2, 0.25) is 0 Å². The SMILES string of the molecule is CCC(C)c1cccc([C@@H](C)N2CCN[C@@H](C(C)C)C2)c1. The number of rotatable bonds is 5. The molecule has 0 spiro atoms. The summed E-state index contributed by atoms with van der Waals surface area (Å²) in [6.07, 6.45) is 1.21. The highest BCUT2D eigenvalue weighted by molar-refractivity contribution is 5.28. The molecule has 1 aromatic rings. The minimum Gasteiger partial charge on any atom is -0.311 e. The van der Waals surface area contributed by atoms with Gasteiger partial charge in [0.1, 0.15) is 0 Å². The Labute approximate surface area is 130 Å². The fraction of sp³-hybridized carbons (Fsp3) is 0.684. The Kier molecular flexibility index (Phi) is 5.83. The van der Waals surface area contributed by atoms with Crippen LogP contribution in [0.5, 0.6) is 0 Å². The molecule has 0 aliphatic carbocycles. The van der Waals surface area contributed by atoms with Crippen LogP contribution in [0, 0.1) is 5.92 Å². The average molecular weight is 288 g/mol. The molecular formula is C19H32N2. The Morgan fingerprint density at radius 3 is 2.57 bits per heavy atom. The lowest BCUT2D eigenvalue weighted by molar-refractivity contribution is 0.135. The van der Waals surface area contributed by atoms with Crippen LogP contribution in [0.25, 0.3) is 0 Å². The zero-order valence-electron chi connectivity index (χ0n) is 14.4. The van der Waals surface area contributed by atoms with Crippen molar-refractivity contribution < 1.29 is 0 Å². The van der Waals surface area contributed by atoms with Gasteiger partial charge in [0.15, 0.2) is 0 Å². The molecule has 2 nitrogen and oxygen atoms in total. The van der Waals surface area contributed by atoms with Crippen LogP contribution in [-0.4, -0.2) is 30.6 Å². The molecule has 2 heteroatoms. The summed E-state index contributed by atoms with van der Waals surface area (Å²) in [5.74, 6) is 1.36. The van der Waals surface area contributed by atoms with Crippen LogP contribution in [0.3, 0.4) is 0 Å². The molecule has 1 N–H and O–H groups in total. The maximum Gasteiger partial charge on any atom is 0.0321 e. The van der Waals surface area contributed by atoms with Gasteiger partial charge in [0.05, 0.1) is 0 Å². The normalized spacial score (nSPS) is 23.2. The van der Waals surface area contributed by atoms with Gasteiger partial charge in [-0.25, -0.2) is 0 Å². The van der Waals surface area contributed by atoms with Crippen molar-refractivity contribution in [3.8, 4) is 0 Å². The number of benzene rings is 1. The molecule has 0 saturated carbocycles. The molecule has 1 aliphatic heterocycles. The Hall–Kier alpha value is -0.860. The monoisotopic (exact) mass is 288 g/mol. The molecule has 0 radical (unpaired) electrons. The van der Waals surface area contributed by atoms with Crippen molar-refractivity contribution in [3.05, 3.63) is 35.4 Å². The molecule has 1 saturated heterocycles. The number of hydrogen-bond acceptors (Lipinski definition) is 2. The standard InChI is InChI=1S/C19H32N2/c1-6-15(4)17-8-7-9-18(12-17)16(5)21-11-10-20-19(13-21)14(2)3/h7-9,12,14-16,19-20H,6,10-11,13H2,1-5H3/t15?,16-,19-/m1/s1.